The molecule has 0 aliphatic heterocycles. The van der Waals surface area contributed by atoms with Crippen LogP contribution in [0.3, 0.4) is 0 Å². The fourth-order valence-corrected chi connectivity index (χ4v) is 1.19. The number of carbonyl (C=O) groups is 2. The van der Waals surface area contributed by atoms with Crippen LogP contribution in [0, 0.1) is 6.92 Å². The third kappa shape index (κ3) is 3.08. The van der Waals surface area contributed by atoms with Crippen LogP contribution < -0.4 is 5.32 Å². The van der Waals surface area contributed by atoms with E-state index in [9.17, 15) is 9.59 Å². The van der Waals surface area contributed by atoms with Crippen LogP contribution in [0.15, 0.2) is 12.3 Å². The lowest BCUT2D eigenvalue weighted by Gasteiger charge is -2.14. The van der Waals surface area contributed by atoms with Gasteiger partial charge in [-0.25, -0.2) is 4.79 Å². The first-order valence-electron chi connectivity index (χ1n) is 4.49. The van der Waals surface area contributed by atoms with Gasteiger partial charge in [0.25, 0.3) is 0 Å². The Bertz CT molecular complexity index is 372. The van der Waals surface area contributed by atoms with Gasteiger partial charge in [-0.05, 0) is 13.0 Å². The molecule has 1 aromatic heterocycles. The van der Waals surface area contributed by atoms with Gasteiger partial charge in [0.2, 0.25) is 5.91 Å². The van der Waals surface area contributed by atoms with E-state index in [0.29, 0.717) is 0 Å². The van der Waals surface area contributed by atoms with Gasteiger partial charge >= 0.3 is 5.97 Å². The number of amides is 1. The predicted octanol–water partition coefficient (Wildman–Crippen LogP) is -0.219. The number of hydrogen-bond acceptors (Lipinski definition) is 3. The third-order valence-electron chi connectivity index (χ3n) is 1.96. The second kappa shape index (κ2) is 4.59. The van der Waals surface area contributed by atoms with Crippen molar-refractivity contribution in [2.75, 3.05) is 0 Å². The molecule has 1 atom stereocenters. The average molecular weight is 211 g/mol. The van der Waals surface area contributed by atoms with Gasteiger partial charge in [-0.1, -0.05) is 0 Å². The minimum Gasteiger partial charge on any atom is -0.480 e. The number of hydrogen-bond donors (Lipinski definition) is 2. The fraction of sp³-hybridized carbons (Fsp3) is 0.444. The highest BCUT2D eigenvalue weighted by molar-refractivity contribution is 5.81. The van der Waals surface area contributed by atoms with Crippen LogP contribution in [0.5, 0.6) is 0 Å². The van der Waals surface area contributed by atoms with E-state index in [-0.39, 0.29) is 12.5 Å². The Balaban J connectivity index is 2.71. The van der Waals surface area contributed by atoms with Crippen molar-refractivity contribution < 1.29 is 14.7 Å². The minimum absolute atomic E-state index is 0.133. The Morgan fingerprint density at radius 1 is 1.67 bits per heavy atom. The highest BCUT2D eigenvalue weighted by atomic mass is 16.4. The zero-order valence-electron chi connectivity index (χ0n) is 8.60. The van der Waals surface area contributed by atoms with E-state index in [1.807, 2.05) is 6.92 Å². The average Bonchev–Trinajstić information content (AvgIpc) is 2.50. The van der Waals surface area contributed by atoms with Crippen LogP contribution in [0.1, 0.15) is 12.6 Å². The third-order valence-corrected chi connectivity index (χ3v) is 1.96. The molecular formula is C9H13N3O3. The molecule has 0 aliphatic carbocycles. The summed E-state index contributed by atoms with van der Waals surface area (Å²) in [5.41, 5.74) is 0.853. The van der Waals surface area contributed by atoms with Crippen molar-refractivity contribution in [3.63, 3.8) is 0 Å². The zero-order chi connectivity index (χ0) is 11.4. The van der Waals surface area contributed by atoms with Gasteiger partial charge < -0.3 is 10.4 Å². The summed E-state index contributed by atoms with van der Waals surface area (Å²) in [6.07, 6.45) is 1.59. The van der Waals surface area contributed by atoms with E-state index in [2.05, 4.69) is 10.4 Å². The number of aromatic nitrogens is 2. The van der Waals surface area contributed by atoms with Crippen molar-refractivity contribution in [1.82, 2.24) is 15.1 Å². The largest absolute Gasteiger partial charge is 0.480 e. The first-order valence-corrected chi connectivity index (χ1v) is 4.49. The number of carboxylic acid groups (broad SMARTS) is 1. The van der Waals surface area contributed by atoms with E-state index in [1.54, 1.807) is 12.3 Å². The molecule has 1 aromatic rings. The molecule has 1 amide bonds. The quantitative estimate of drug-likeness (QED) is 0.721. The van der Waals surface area contributed by atoms with Crippen molar-refractivity contribution in [3.8, 4) is 0 Å². The maximum absolute atomic E-state index is 10.8. The van der Waals surface area contributed by atoms with Crippen LogP contribution in [0.2, 0.25) is 0 Å². The summed E-state index contributed by atoms with van der Waals surface area (Å²) in [4.78, 5) is 21.6. The van der Waals surface area contributed by atoms with E-state index in [4.69, 9.17) is 5.11 Å². The molecule has 0 fully saturated rings. The van der Waals surface area contributed by atoms with Gasteiger partial charge in [0.15, 0.2) is 0 Å². The van der Waals surface area contributed by atoms with Gasteiger partial charge in [0, 0.05) is 18.8 Å². The highest BCUT2D eigenvalue weighted by Gasteiger charge is 2.19. The summed E-state index contributed by atoms with van der Waals surface area (Å²) >= 11 is 0. The molecule has 0 saturated heterocycles. The Kier molecular flexibility index (Phi) is 3.43. The second-order valence-electron chi connectivity index (χ2n) is 3.25. The number of nitrogens with zero attached hydrogens (tertiary/aromatic N) is 2. The van der Waals surface area contributed by atoms with Gasteiger partial charge in [-0.3, -0.25) is 9.48 Å². The molecule has 1 heterocycles. The molecule has 0 radical (unpaired) electrons. The highest BCUT2D eigenvalue weighted by Crippen LogP contribution is 1.98. The normalized spacial score (nSPS) is 12.1. The molecule has 0 aliphatic rings. The van der Waals surface area contributed by atoms with Crippen molar-refractivity contribution in [3.05, 3.63) is 18.0 Å². The second-order valence-corrected chi connectivity index (χ2v) is 3.25. The number of carbonyl (C=O) groups excluding carboxylic acids is 1. The number of aryl methyl sites for hydroxylation is 1. The molecule has 6 heteroatoms. The molecule has 1 rings (SSSR count). The predicted molar refractivity (Wildman–Crippen MR) is 52.2 cm³/mol. The Labute approximate surface area is 86.9 Å². The number of carboxylic acids is 1. The van der Waals surface area contributed by atoms with Gasteiger partial charge in [0.05, 0.1) is 6.54 Å². The van der Waals surface area contributed by atoms with Gasteiger partial charge in [-0.2, -0.15) is 5.10 Å². The Morgan fingerprint density at radius 3 is 2.73 bits per heavy atom. The standard InChI is InChI=1S/C9H13N3O3/c1-6-3-4-10-12(6)5-8(9(14)15)11-7(2)13/h3-4,8H,5H2,1-2H3,(H,11,13)(H,14,15). The summed E-state index contributed by atoms with van der Waals surface area (Å²) in [7, 11) is 0. The maximum Gasteiger partial charge on any atom is 0.328 e. The number of nitrogens with one attached hydrogen (secondary N) is 1. The maximum atomic E-state index is 10.8. The van der Waals surface area contributed by atoms with Crippen LogP contribution in [-0.4, -0.2) is 32.8 Å². The molecule has 0 spiro atoms. The van der Waals surface area contributed by atoms with Crippen LogP contribution in [-0.2, 0) is 16.1 Å². The lowest BCUT2D eigenvalue weighted by molar-refractivity contribution is -0.142. The van der Waals surface area contributed by atoms with E-state index in [0.717, 1.165) is 5.69 Å². The van der Waals surface area contributed by atoms with E-state index in [1.165, 1.54) is 11.6 Å². The molecule has 15 heavy (non-hydrogen) atoms. The molecule has 1 unspecified atom stereocenters. The lowest BCUT2D eigenvalue weighted by Crippen LogP contribution is -2.43. The summed E-state index contributed by atoms with van der Waals surface area (Å²) in [5, 5.41) is 15.1. The summed E-state index contributed by atoms with van der Waals surface area (Å²) in [6, 6.07) is 0.827. The molecule has 0 bridgehead atoms. The van der Waals surface area contributed by atoms with Crippen LogP contribution in [0.4, 0.5) is 0 Å². The Hall–Kier alpha value is -1.85. The Morgan fingerprint density at radius 2 is 2.33 bits per heavy atom. The van der Waals surface area contributed by atoms with Crippen molar-refractivity contribution >= 4 is 11.9 Å². The van der Waals surface area contributed by atoms with Crippen LogP contribution in [0.25, 0.3) is 0 Å². The van der Waals surface area contributed by atoms with Gasteiger partial charge in [-0.15, -0.1) is 0 Å². The SMILES string of the molecule is CC(=O)NC(Cn1nccc1C)C(=O)O. The molecule has 82 valence electrons. The zero-order valence-corrected chi connectivity index (χ0v) is 8.60. The summed E-state index contributed by atoms with van der Waals surface area (Å²) < 4.78 is 1.54. The fourth-order valence-electron chi connectivity index (χ4n) is 1.19. The first kappa shape index (κ1) is 11.2. The molecule has 2 N–H and O–H groups in total. The van der Waals surface area contributed by atoms with Gasteiger partial charge in [0.1, 0.15) is 6.04 Å². The summed E-state index contributed by atoms with van der Waals surface area (Å²) in [6.45, 7) is 3.24. The van der Waals surface area contributed by atoms with E-state index >= 15 is 0 Å². The molecule has 6 nitrogen and oxygen atoms in total. The van der Waals surface area contributed by atoms with Crippen LogP contribution >= 0.6 is 0 Å². The smallest absolute Gasteiger partial charge is 0.328 e. The van der Waals surface area contributed by atoms with Crippen molar-refractivity contribution in [1.29, 1.82) is 0 Å². The van der Waals surface area contributed by atoms with Crippen molar-refractivity contribution in [2.24, 2.45) is 0 Å². The summed E-state index contributed by atoms with van der Waals surface area (Å²) in [5.74, 6) is -1.44. The lowest BCUT2D eigenvalue weighted by atomic mass is 10.3. The first-order chi connectivity index (χ1) is 7.00. The topological polar surface area (TPSA) is 84.2 Å². The number of rotatable bonds is 4. The van der Waals surface area contributed by atoms with E-state index < -0.39 is 12.0 Å². The molecular weight excluding hydrogens is 198 g/mol. The van der Waals surface area contributed by atoms with Crippen molar-refractivity contribution in [2.45, 2.75) is 26.4 Å². The monoisotopic (exact) mass is 211 g/mol. The minimum atomic E-state index is -1.07. The number of aliphatic carboxylic acids is 1. The molecule has 0 saturated carbocycles. The molecule has 0 aromatic carbocycles.